The lowest BCUT2D eigenvalue weighted by Gasteiger charge is -2.11. The smallest absolute Gasteiger partial charge is 0.308 e. The maximum Gasteiger partial charge on any atom is 0.308 e. The molecule has 1 fully saturated rings. The number of aromatic nitrogens is 2. The Balaban J connectivity index is 0.000000432. The van der Waals surface area contributed by atoms with Gasteiger partial charge in [-0.1, -0.05) is 39.8 Å². The Bertz CT molecular complexity index is 1090. The maximum absolute atomic E-state index is 12.2. The van der Waals surface area contributed by atoms with Crippen LogP contribution < -0.4 is 5.73 Å². The van der Waals surface area contributed by atoms with Crippen molar-refractivity contribution in [2.24, 2.45) is 11.7 Å². The second kappa shape index (κ2) is 16.9. The van der Waals surface area contributed by atoms with Gasteiger partial charge in [-0.2, -0.15) is 0 Å². The number of aliphatic hydroxyl groups excluding tert-OH is 1. The number of carbonyl (C=O) groups excluding carboxylic acids is 2. The zero-order chi connectivity index (χ0) is 28.8. The lowest BCUT2D eigenvalue weighted by Crippen LogP contribution is -2.18. The first kappa shape index (κ1) is 33.3. The molecule has 212 valence electrons. The molecule has 0 aliphatic heterocycles. The van der Waals surface area contributed by atoms with E-state index in [0.717, 1.165) is 65.8 Å². The first-order chi connectivity index (χ1) is 18.1. The van der Waals surface area contributed by atoms with Crippen LogP contribution in [0, 0.1) is 5.92 Å². The Hall–Kier alpha value is -2.77. The minimum atomic E-state index is -0.584. The zero-order valence-electron chi connectivity index (χ0n) is 24.7. The number of aliphatic hydroxyl groups is 1. The lowest BCUT2D eigenvalue weighted by molar-refractivity contribution is -0.150. The quantitative estimate of drug-likeness (QED) is 0.223. The van der Waals surface area contributed by atoms with Crippen LogP contribution in [0.2, 0.25) is 0 Å². The molecule has 0 saturated heterocycles. The van der Waals surface area contributed by atoms with Gasteiger partial charge in [0.15, 0.2) is 5.78 Å². The van der Waals surface area contributed by atoms with Crippen molar-refractivity contribution >= 4 is 28.4 Å². The SMILES string of the molecule is C/C=C(\C=C(\C)C(=O)C(C)C)c1nc2cc(CN)ccc2n1CC.CC.CC(O)CC(=O)OC1CCCC1. The summed E-state index contributed by atoms with van der Waals surface area (Å²) in [4.78, 5) is 28.0. The third-order valence-corrected chi connectivity index (χ3v) is 6.28. The minimum Gasteiger partial charge on any atom is -0.462 e. The number of ketones is 1. The molecule has 0 radical (unpaired) electrons. The van der Waals surface area contributed by atoms with Crippen LogP contribution in [0.15, 0.2) is 35.9 Å². The number of hydrogen-bond acceptors (Lipinski definition) is 6. The molecular formula is C31H49N3O4. The van der Waals surface area contributed by atoms with Crippen LogP contribution in [0.3, 0.4) is 0 Å². The van der Waals surface area contributed by atoms with Gasteiger partial charge in [0.05, 0.1) is 23.6 Å². The number of Topliss-reactive ketones (excluding diaryl/α,β-unsaturated/α-hetero) is 1. The second-order valence-corrected chi connectivity index (χ2v) is 9.75. The molecule has 1 heterocycles. The molecule has 1 aromatic carbocycles. The van der Waals surface area contributed by atoms with Gasteiger partial charge in [-0.15, -0.1) is 0 Å². The van der Waals surface area contributed by atoms with Crippen LogP contribution in [0.25, 0.3) is 16.6 Å². The van der Waals surface area contributed by atoms with E-state index >= 15 is 0 Å². The number of nitrogens with two attached hydrogens (primary N) is 1. The topological polar surface area (TPSA) is 107 Å². The Labute approximate surface area is 229 Å². The van der Waals surface area contributed by atoms with E-state index in [1.54, 1.807) is 6.92 Å². The van der Waals surface area contributed by atoms with Crippen molar-refractivity contribution in [1.82, 2.24) is 9.55 Å². The molecule has 1 aliphatic rings. The predicted octanol–water partition coefficient (Wildman–Crippen LogP) is 6.36. The van der Waals surface area contributed by atoms with E-state index in [2.05, 4.69) is 17.6 Å². The maximum atomic E-state index is 12.2. The first-order valence-corrected chi connectivity index (χ1v) is 14.1. The van der Waals surface area contributed by atoms with Gasteiger partial charge >= 0.3 is 5.97 Å². The van der Waals surface area contributed by atoms with Crippen molar-refractivity contribution in [3.63, 3.8) is 0 Å². The van der Waals surface area contributed by atoms with Crippen molar-refractivity contribution in [1.29, 1.82) is 0 Å². The van der Waals surface area contributed by atoms with E-state index < -0.39 is 6.10 Å². The molecule has 1 atom stereocenters. The number of allylic oxidation sites excluding steroid dienone is 4. The normalized spacial score (nSPS) is 15.0. The predicted molar refractivity (Wildman–Crippen MR) is 157 cm³/mol. The van der Waals surface area contributed by atoms with Gasteiger partial charge < -0.3 is 20.1 Å². The third kappa shape index (κ3) is 9.84. The molecule has 1 unspecified atom stereocenters. The highest BCUT2D eigenvalue weighted by molar-refractivity contribution is 5.98. The van der Waals surface area contributed by atoms with Crippen molar-refractivity contribution in [3.05, 3.63) is 47.3 Å². The fourth-order valence-corrected chi connectivity index (χ4v) is 4.36. The summed E-state index contributed by atoms with van der Waals surface area (Å²) in [6, 6.07) is 6.15. The fourth-order valence-electron chi connectivity index (χ4n) is 4.36. The monoisotopic (exact) mass is 527 g/mol. The van der Waals surface area contributed by atoms with Gasteiger partial charge in [0.2, 0.25) is 0 Å². The Morgan fingerprint density at radius 1 is 1.21 bits per heavy atom. The molecule has 7 heteroatoms. The van der Waals surface area contributed by atoms with Gasteiger partial charge in [-0.05, 0) is 82.7 Å². The van der Waals surface area contributed by atoms with Crippen molar-refractivity contribution in [3.8, 4) is 0 Å². The molecule has 0 amide bonds. The van der Waals surface area contributed by atoms with E-state index in [1.165, 1.54) is 0 Å². The Morgan fingerprint density at radius 3 is 2.34 bits per heavy atom. The number of esters is 1. The Morgan fingerprint density at radius 2 is 1.84 bits per heavy atom. The van der Waals surface area contributed by atoms with Crippen molar-refractivity contribution in [2.75, 3.05) is 0 Å². The molecular weight excluding hydrogens is 478 g/mol. The fraction of sp³-hybridized carbons (Fsp3) is 0.581. The van der Waals surface area contributed by atoms with Crippen LogP contribution >= 0.6 is 0 Å². The summed E-state index contributed by atoms with van der Waals surface area (Å²) in [6.45, 7) is 16.7. The van der Waals surface area contributed by atoms with Gasteiger partial charge in [0.1, 0.15) is 11.9 Å². The number of nitrogens with zero attached hydrogens (tertiary/aromatic N) is 2. The average molecular weight is 528 g/mol. The highest BCUT2D eigenvalue weighted by Gasteiger charge is 2.19. The number of benzene rings is 1. The highest BCUT2D eigenvalue weighted by Crippen LogP contribution is 2.25. The molecule has 1 aromatic heterocycles. The van der Waals surface area contributed by atoms with Gasteiger partial charge in [-0.3, -0.25) is 9.59 Å². The molecule has 1 saturated carbocycles. The number of imidazole rings is 1. The molecule has 3 N–H and O–H groups in total. The minimum absolute atomic E-state index is 0.00328. The molecule has 0 bridgehead atoms. The van der Waals surface area contributed by atoms with Crippen molar-refractivity contribution < 1.29 is 19.4 Å². The summed E-state index contributed by atoms with van der Waals surface area (Å²) < 4.78 is 7.30. The molecule has 3 rings (SSSR count). The zero-order valence-corrected chi connectivity index (χ0v) is 24.7. The number of carbonyl (C=O) groups is 2. The molecule has 0 spiro atoms. The summed E-state index contributed by atoms with van der Waals surface area (Å²) in [5.41, 5.74) is 10.6. The second-order valence-electron chi connectivity index (χ2n) is 9.75. The molecule has 1 aliphatic carbocycles. The van der Waals surface area contributed by atoms with Gasteiger partial charge in [0, 0.05) is 24.6 Å². The van der Waals surface area contributed by atoms with E-state index in [0.29, 0.717) is 6.54 Å². The number of rotatable bonds is 9. The number of ether oxygens (including phenoxy) is 1. The van der Waals surface area contributed by atoms with Crippen LogP contribution in [-0.4, -0.2) is 38.6 Å². The summed E-state index contributed by atoms with van der Waals surface area (Å²) in [6.07, 6.45) is 7.91. The van der Waals surface area contributed by atoms with E-state index in [1.807, 2.05) is 65.8 Å². The van der Waals surface area contributed by atoms with Crippen molar-refractivity contribution in [2.45, 2.75) is 113 Å². The van der Waals surface area contributed by atoms with E-state index in [4.69, 9.17) is 20.6 Å². The summed E-state index contributed by atoms with van der Waals surface area (Å²) in [5, 5.41) is 8.90. The van der Waals surface area contributed by atoms with E-state index in [-0.39, 0.29) is 30.2 Å². The van der Waals surface area contributed by atoms with Crippen LogP contribution in [-0.2, 0) is 27.4 Å². The van der Waals surface area contributed by atoms with Crippen LogP contribution in [0.5, 0.6) is 0 Å². The molecule has 7 nitrogen and oxygen atoms in total. The summed E-state index contributed by atoms with van der Waals surface area (Å²) in [5.74, 6) is 0.785. The van der Waals surface area contributed by atoms with Crippen LogP contribution in [0.1, 0.15) is 98.9 Å². The largest absolute Gasteiger partial charge is 0.462 e. The number of fused-ring (bicyclic) bond motifs is 1. The number of aryl methyl sites for hydroxylation is 1. The molecule has 38 heavy (non-hydrogen) atoms. The summed E-state index contributed by atoms with van der Waals surface area (Å²) >= 11 is 0. The average Bonchev–Trinajstić information content (AvgIpc) is 3.54. The summed E-state index contributed by atoms with van der Waals surface area (Å²) in [7, 11) is 0. The highest BCUT2D eigenvalue weighted by atomic mass is 16.5. The number of hydrogen-bond donors (Lipinski definition) is 2. The molecule has 2 aromatic rings. The van der Waals surface area contributed by atoms with E-state index in [9.17, 15) is 9.59 Å². The Kier molecular flexibility index (Phi) is 14.8. The van der Waals surface area contributed by atoms with Crippen LogP contribution in [0.4, 0.5) is 0 Å². The third-order valence-electron chi connectivity index (χ3n) is 6.28. The standard InChI is InChI=1S/C20H27N3O.C9H16O3.C2H6/c1-6-16(10-14(5)19(24)13(3)4)20-22-17-11-15(12-21)8-9-18(17)23(20)7-2;1-7(10)6-9(11)12-8-4-2-3-5-8;1-2/h6,8-11,13H,7,12,21H2,1-5H3;7-8,10H,2-6H2,1H3;1-2H3/b14-10-,16-6+;;. The van der Waals surface area contributed by atoms with Gasteiger partial charge in [0.25, 0.3) is 0 Å². The first-order valence-electron chi connectivity index (χ1n) is 14.1. The lowest BCUT2D eigenvalue weighted by atomic mass is 10.00. The van der Waals surface area contributed by atoms with Gasteiger partial charge in [-0.25, -0.2) is 4.98 Å².